The molecule has 0 aliphatic heterocycles. The average Bonchev–Trinajstić information content (AvgIpc) is 2.64. The topological polar surface area (TPSA) is 63.7 Å². The van der Waals surface area contributed by atoms with E-state index in [0.29, 0.717) is 5.75 Å². The van der Waals surface area contributed by atoms with Gasteiger partial charge in [-0.15, -0.1) is 0 Å². The molecule has 2 aromatic rings. The highest BCUT2D eigenvalue weighted by molar-refractivity contribution is 7.89. The Bertz CT molecular complexity index is 931. The lowest BCUT2D eigenvalue weighted by atomic mass is 10.2. The molecule has 0 radical (unpaired) electrons. The van der Waals surface area contributed by atoms with Crippen LogP contribution < -0.4 is 4.74 Å². The minimum absolute atomic E-state index is 0.0631. The Hall–Kier alpha value is -2.86. The van der Waals surface area contributed by atoms with Gasteiger partial charge in [-0.05, 0) is 44.2 Å². The summed E-state index contributed by atoms with van der Waals surface area (Å²) in [5.74, 6) is 0.513. The van der Waals surface area contributed by atoms with Gasteiger partial charge >= 0.3 is 0 Å². The van der Waals surface area contributed by atoms with Crippen LogP contribution in [0.3, 0.4) is 0 Å². The van der Waals surface area contributed by atoms with Gasteiger partial charge in [0.15, 0.2) is 5.78 Å². The van der Waals surface area contributed by atoms with Crippen molar-refractivity contribution in [3.05, 3.63) is 78.5 Å². The number of ketones is 1. The maximum atomic E-state index is 12.7. The molecule has 0 spiro atoms. The van der Waals surface area contributed by atoms with E-state index in [1.165, 1.54) is 19.2 Å². The lowest BCUT2D eigenvalue weighted by Gasteiger charge is -2.20. The van der Waals surface area contributed by atoms with Crippen molar-refractivity contribution in [3.8, 4) is 5.75 Å². The van der Waals surface area contributed by atoms with Crippen LogP contribution in [0.4, 0.5) is 0 Å². The summed E-state index contributed by atoms with van der Waals surface area (Å²) < 4.78 is 32.3. The molecule has 0 saturated heterocycles. The van der Waals surface area contributed by atoms with E-state index >= 15 is 0 Å². The molecule has 2 rings (SSSR count). The Labute approximate surface area is 160 Å². The monoisotopic (exact) mass is 385 g/mol. The van der Waals surface area contributed by atoms with Crippen molar-refractivity contribution >= 4 is 21.9 Å². The Kier molecular flexibility index (Phi) is 6.96. The number of hydrogen-bond donors (Lipinski definition) is 0. The molecular weight excluding hydrogens is 362 g/mol. The van der Waals surface area contributed by atoms with Crippen LogP contribution in [-0.2, 0) is 14.8 Å². The third kappa shape index (κ3) is 5.56. The van der Waals surface area contributed by atoms with E-state index in [0.717, 1.165) is 15.4 Å². The largest absolute Gasteiger partial charge is 0.491 e. The number of carbonyl (C=O) groups is 1. The summed E-state index contributed by atoms with van der Waals surface area (Å²) in [5, 5.41) is 0. The van der Waals surface area contributed by atoms with Gasteiger partial charge in [-0.3, -0.25) is 9.10 Å². The maximum Gasteiger partial charge on any atom is 0.263 e. The van der Waals surface area contributed by atoms with Gasteiger partial charge in [0.25, 0.3) is 10.0 Å². The minimum atomic E-state index is -3.68. The Balaban J connectivity index is 2.08. The fourth-order valence-corrected chi connectivity index (χ4v) is 3.62. The van der Waals surface area contributed by atoms with E-state index in [-0.39, 0.29) is 23.8 Å². The normalized spacial score (nSPS) is 11.3. The van der Waals surface area contributed by atoms with E-state index < -0.39 is 10.0 Å². The second-order valence-corrected chi connectivity index (χ2v) is 7.83. The van der Waals surface area contributed by atoms with Crippen LogP contribution >= 0.6 is 0 Å². The third-order valence-electron chi connectivity index (χ3n) is 3.82. The SMILES string of the molecule is C=CN(CCOc1ccccc1/C=C/C(C)=O)S(=O)(=O)c1ccc(C)cc1. The van der Waals surface area contributed by atoms with Gasteiger partial charge in [0.2, 0.25) is 0 Å². The van der Waals surface area contributed by atoms with Gasteiger partial charge in [-0.1, -0.05) is 42.5 Å². The van der Waals surface area contributed by atoms with Crippen molar-refractivity contribution in [2.45, 2.75) is 18.7 Å². The van der Waals surface area contributed by atoms with Gasteiger partial charge < -0.3 is 4.74 Å². The predicted molar refractivity (Wildman–Crippen MR) is 107 cm³/mol. The van der Waals surface area contributed by atoms with Crippen LogP contribution in [0.5, 0.6) is 5.75 Å². The molecule has 0 aromatic heterocycles. The smallest absolute Gasteiger partial charge is 0.263 e. The lowest BCUT2D eigenvalue weighted by molar-refractivity contribution is -0.112. The van der Waals surface area contributed by atoms with Crippen LogP contribution in [0.1, 0.15) is 18.1 Å². The van der Waals surface area contributed by atoms with Crippen LogP contribution in [0.25, 0.3) is 6.08 Å². The van der Waals surface area contributed by atoms with E-state index in [9.17, 15) is 13.2 Å². The maximum absolute atomic E-state index is 12.7. The summed E-state index contributed by atoms with van der Waals surface area (Å²) in [5.41, 5.74) is 1.73. The first kappa shape index (κ1) is 20.5. The first-order chi connectivity index (χ1) is 12.8. The standard InChI is InChI=1S/C21H23NO4S/c1-4-22(27(24,25)20-13-9-17(2)10-14-20)15-16-26-21-8-6-5-7-19(21)12-11-18(3)23/h4-14H,1,15-16H2,2-3H3/b12-11+. The van der Waals surface area contributed by atoms with E-state index in [1.54, 1.807) is 36.4 Å². The zero-order chi connectivity index (χ0) is 19.9. The van der Waals surface area contributed by atoms with Crippen LogP contribution in [0.15, 0.2) is 72.3 Å². The summed E-state index contributed by atoms with van der Waals surface area (Å²) in [6, 6.07) is 13.9. The Morgan fingerprint density at radius 1 is 1.15 bits per heavy atom. The minimum Gasteiger partial charge on any atom is -0.491 e. The molecule has 0 amide bonds. The van der Waals surface area contributed by atoms with Gasteiger partial charge in [-0.2, -0.15) is 0 Å². The van der Waals surface area contributed by atoms with Crippen LogP contribution in [0, 0.1) is 6.92 Å². The molecule has 27 heavy (non-hydrogen) atoms. The Morgan fingerprint density at radius 3 is 2.44 bits per heavy atom. The summed E-state index contributed by atoms with van der Waals surface area (Å²) >= 11 is 0. The van der Waals surface area contributed by atoms with Crippen molar-refractivity contribution in [2.75, 3.05) is 13.2 Å². The highest BCUT2D eigenvalue weighted by atomic mass is 32.2. The number of hydrogen-bond acceptors (Lipinski definition) is 4. The highest BCUT2D eigenvalue weighted by Crippen LogP contribution is 2.20. The zero-order valence-electron chi connectivity index (χ0n) is 15.5. The molecule has 0 fully saturated rings. The van der Waals surface area contributed by atoms with Gasteiger partial charge in [-0.25, -0.2) is 8.42 Å². The summed E-state index contributed by atoms with van der Waals surface area (Å²) in [6.45, 7) is 7.23. The number of benzene rings is 2. The molecule has 5 nitrogen and oxygen atoms in total. The average molecular weight is 385 g/mol. The quantitative estimate of drug-likeness (QED) is 0.616. The Morgan fingerprint density at radius 2 is 1.81 bits per heavy atom. The van der Waals surface area contributed by atoms with E-state index in [2.05, 4.69) is 6.58 Å². The van der Waals surface area contributed by atoms with E-state index in [4.69, 9.17) is 4.74 Å². The molecule has 0 saturated carbocycles. The summed E-state index contributed by atoms with van der Waals surface area (Å²) in [6.07, 6.45) is 4.41. The molecule has 0 aliphatic rings. The number of allylic oxidation sites excluding steroid dienone is 1. The molecule has 0 heterocycles. The van der Waals surface area contributed by atoms with Crippen molar-refractivity contribution in [1.82, 2.24) is 4.31 Å². The first-order valence-corrected chi connectivity index (χ1v) is 9.90. The summed E-state index contributed by atoms with van der Waals surface area (Å²) in [7, 11) is -3.68. The van der Waals surface area contributed by atoms with Gasteiger partial charge in [0.1, 0.15) is 12.4 Å². The highest BCUT2D eigenvalue weighted by Gasteiger charge is 2.20. The second-order valence-electron chi connectivity index (χ2n) is 5.94. The van der Waals surface area contributed by atoms with Crippen molar-refractivity contribution in [3.63, 3.8) is 0 Å². The number of nitrogens with zero attached hydrogens (tertiary/aromatic N) is 1. The van der Waals surface area contributed by atoms with E-state index in [1.807, 2.05) is 25.1 Å². The fraction of sp³-hybridized carbons (Fsp3) is 0.190. The van der Waals surface area contributed by atoms with Gasteiger partial charge in [0, 0.05) is 11.8 Å². The number of aryl methyl sites for hydroxylation is 1. The third-order valence-corrected chi connectivity index (χ3v) is 5.63. The number of sulfonamides is 1. The van der Waals surface area contributed by atoms with Crippen molar-refractivity contribution < 1.29 is 17.9 Å². The number of ether oxygens (including phenoxy) is 1. The molecule has 0 N–H and O–H groups in total. The molecule has 0 unspecified atom stereocenters. The van der Waals surface area contributed by atoms with Crippen LogP contribution in [-0.4, -0.2) is 31.7 Å². The number of rotatable bonds is 9. The molecule has 6 heteroatoms. The molecule has 0 bridgehead atoms. The van der Waals surface area contributed by atoms with Crippen LogP contribution in [0.2, 0.25) is 0 Å². The zero-order valence-corrected chi connectivity index (χ0v) is 16.3. The molecular formula is C21H23NO4S. The number of para-hydroxylation sites is 1. The molecule has 142 valence electrons. The predicted octanol–water partition coefficient (Wildman–Crippen LogP) is 3.81. The van der Waals surface area contributed by atoms with Crippen molar-refractivity contribution in [1.29, 1.82) is 0 Å². The molecule has 0 atom stereocenters. The second kappa shape index (κ2) is 9.19. The first-order valence-electron chi connectivity index (χ1n) is 8.46. The van der Waals surface area contributed by atoms with Crippen molar-refractivity contribution in [2.24, 2.45) is 0 Å². The summed E-state index contributed by atoms with van der Waals surface area (Å²) in [4.78, 5) is 11.3. The lowest BCUT2D eigenvalue weighted by Crippen LogP contribution is -2.30. The number of carbonyl (C=O) groups excluding carboxylic acids is 1. The molecule has 2 aromatic carbocycles. The molecule has 0 aliphatic carbocycles. The van der Waals surface area contributed by atoms with Gasteiger partial charge in [0.05, 0.1) is 11.4 Å². The fourth-order valence-electron chi connectivity index (χ4n) is 2.36.